The molecule has 1 heterocycles. The van der Waals surface area contributed by atoms with Gasteiger partial charge in [0.15, 0.2) is 0 Å². The predicted molar refractivity (Wildman–Crippen MR) is 151 cm³/mol. The van der Waals surface area contributed by atoms with Crippen LogP contribution < -0.4 is 18.9 Å². The van der Waals surface area contributed by atoms with E-state index in [0.717, 1.165) is 22.3 Å². The normalized spacial score (nSPS) is 12.7. The molecule has 0 spiro atoms. The second-order valence-electron chi connectivity index (χ2n) is 9.31. The highest BCUT2D eigenvalue weighted by atomic mass is 32.2. The van der Waals surface area contributed by atoms with Crippen molar-refractivity contribution in [2.75, 3.05) is 32.5 Å². The van der Waals surface area contributed by atoms with Crippen LogP contribution in [0.2, 0.25) is 0 Å². The molecule has 1 aliphatic heterocycles. The van der Waals surface area contributed by atoms with E-state index in [1.807, 2.05) is 54.6 Å². The van der Waals surface area contributed by atoms with Crippen LogP contribution in [0.15, 0.2) is 60.7 Å². The molecule has 4 rings (SSSR count). The Hall–Kier alpha value is -4.16. The first-order valence-corrected chi connectivity index (χ1v) is 14.9. The van der Waals surface area contributed by atoms with Gasteiger partial charge in [0.05, 0.1) is 31.8 Å². The van der Waals surface area contributed by atoms with Gasteiger partial charge < -0.3 is 23.7 Å². The number of methoxy groups -OCH3 is 1. The van der Waals surface area contributed by atoms with Crippen LogP contribution in [-0.4, -0.2) is 46.9 Å². The molecule has 0 radical (unpaired) electrons. The van der Waals surface area contributed by atoms with Crippen LogP contribution >= 0.6 is 0 Å². The van der Waals surface area contributed by atoms with E-state index >= 15 is 0 Å². The van der Waals surface area contributed by atoms with Gasteiger partial charge in [0.2, 0.25) is 6.79 Å². The molecular formula is C31H32O8S. The lowest BCUT2D eigenvalue weighted by atomic mass is 9.96. The van der Waals surface area contributed by atoms with Gasteiger partial charge >= 0.3 is 5.97 Å². The van der Waals surface area contributed by atoms with Crippen molar-refractivity contribution < 1.29 is 36.9 Å². The lowest BCUT2D eigenvalue weighted by Crippen LogP contribution is -2.08. The number of hydrogen-bond acceptors (Lipinski definition) is 8. The molecule has 0 aromatic heterocycles. The minimum absolute atomic E-state index is 0.0547. The zero-order valence-electron chi connectivity index (χ0n) is 22.8. The zero-order valence-corrected chi connectivity index (χ0v) is 23.6. The minimum atomic E-state index is -3.02. The second-order valence-corrected chi connectivity index (χ2v) is 11.6. The Morgan fingerprint density at radius 2 is 1.70 bits per heavy atom. The summed E-state index contributed by atoms with van der Waals surface area (Å²) in [5.41, 5.74) is 3.60. The van der Waals surface area contributed by atoms with E-state index in [-0.39, 0.29) is 30.9 Å². The summed E-state index contributed by atoms with van der Waals surface area (Å²) >= 11 is 0. The number of sulfone groups is 1. The fourth-order valence-corrected chi connectivity index (χ4v) is 4.89. The first-order valence-electron chi connectivity index (χ1n) is 12.8. The van der Waals surface area contributed by atoms with Gasteiger partial charge in [0, 0.05) is 23.4 Å². The van der Waals surface area contributed by atoms with Gasteiger partial charge in [0.1, 0.15) is 39.4 Å². The van der Waals surface area contributed by atoms with Crippen LogP contribution in [-0.2, 0) is 26.0 Å². The molecule has 40 heavy (non-hydrogen) atoms. The fraction of sp³-hybridized carbons (Fsp3) is 0.323. The van der Waals surface area contributed by atoms with Crippen LogP contribution in [0.1, 0.15) is 36.8 Å². The van der Waals surface area contributed by atoms with E-state index < -0.39 is 9.84 Å². The molecule has 9 heteroatoms. The maximum atomic E-state index is 11.7. The molecule has 0 bridgehead atoms. The second kappa shape index (κ2) is 13.3. The Balaban J connectivity index is 1.43. The van der Waals surface area contributed by atoms with E-state index in [2.05, 4.69) is 11.8 Å². The summed E-state index contributed by atoms with van der Waals surface area (Å²) in [5.74, 6) is 8.07. The molecular weight excluding hydrogens is 532 g/mol. The molecule has 3 aromatic carbocycles. The molecule has 1 aliphatic rings. The molecule has 0 fully saturated rings. The maximum absolute atomic E-state index is 11.7. The number of fused-ring (bicyclic) bond motifs is 3. The quantitative estimate of drug-likeness (QED) is 0.179. The Labute approximate surface area is 235 Å². The Morgan fingerprint density at radius 3 is 2.42 bits per heavy atom. The Morgan fingerprint density at radius 1 is 0.950 bits per heavy atom. The number of hydrogen-bond donors (Lipinski definition) is 0. The molecule has 0 aliphatic carbocycles. The third-order valence-corrected chi connectivity index (χ3v) is 7.28. The first-order chi connectivity index (χ1) is 19.3. The van der Waals surface area contributed by atoms with E-state index in [1.165, 1.54) is 13.4 Å². The van der Waals surface area contributed by atoms with Crippen LogP contribution in [0.5, 0.6) is 23.0 Å². The van der Waals surface area contributed by atoms with Crippen LogP contribution in [0, 0.1) is 11.8 Å². The van der Waals surface area contributed by atoms with Gasteiger partial charge in [0.25, 0.3) is 0 Å². The number of benzene rings is 3. The molecule has 8 nitrogen and oxygen atoms in total. The molecule has 3 aromatic rings. The van der Waals surface area contributed by atoms with Crippen molar-refractivity contribution in [2.45, 2.75) is 32.3 Å². The van der Waals surface area contributed by atoms with Gasteiger partial charge in [-0.25, -0.2) is 8.42 Å². The zero-order chi connectivity index (χ0) is 28.5. The number of ether oxygens (including phenoxy) is 5. The summed E-state index contributed by atoms with van der Waals surface area (Å²) in [5, 5.41) is 0. The number of esters is 1. The summed E-state index contributed by atoms with van der Waals surface area (Å²) in [4.78, 5) is 11.7. The lowest BCUT2D eigenvalue weighted by Gasteiger charge is -2.13. The molecule has 0 N–H and O–H groups in total. The van der Waals surface area contributed by atoms with Gasteiger partial charge in [-0.15, -0.1) is 5.92 Å². The van der Waals surface area contributed by atoms with E-state index in [1.54, 1.807) is 13.0 Å². The molecule has 0 amide bonds. The summed E-state index contributed by atoms with van der Waals surface area (Å²) in [6.45, 7) is 2.43. The van der Waals surface area contributed by atoms with E-state index in [9.17, 15) is 13.2 Å². The minimum Gasteiger partial charge on any atom is -0.493 e. The highest BCUT2D eigenvalue weighted by Crippen LogP contribution is 2.41. The standard InChI is InChI=1S/C31H32O8S/c1-4-6-24(18-31(32)35-2)23-8-10-25(11-9-23)37-20-22-7-14-29-28(17-22)27-13-12-26(19-30(27)39-21-38-29)36-15-5-16-40(3,33)34/h7-14,17,19,24H,5,15-16,18,20-21H2,1-3H3/t24-/m0/s1. The van der Waals surface area contributed by atoms with Crippen LogP contribution in [0.4, 0.5) is 0 Å². The van der Waals surface area contributed by atoms with Gasteiger partial charge in [-0.3, -0.25) is 4.79 Å². The SMILES string of the molecule is CC#C[C@@H](CC(=O)OC)c1ccc(OCc2ccc3c(c2)-c2ccc(OCCCS(C)(=O)=O)cc2OCO3)cc1. The van der Waals surface area contributed by atoms with Crippen molar-refractivity contribution in [3.63, 3.8) is 0 Å². The van der Waals surface area contributed by atoms with E-state index in [4.69, 9.17) is 23.7 Å². The third-order valence-electron chi connectivity index (χ3n) is 6.25. The molecule has 210 valence electrons. The van der Waals surface area contributed by atoms with Crippen molar-refractivity contribution in [2.24, 2.45) is 0 Å². The van der Waals surface area contributed by atoms with Crippen LogP contribution in [0.3, 0.4) is 0 Å². The summed E-state index contributed by atoms with van der Waals surface area (Å²) < 4.78 is 50.8. The average molecular weight is 565 g/mol. The molecule has 0 unspecified atom stereocenters. The molecule has 0 saturated carbocycles. The lowest BCUT2D eigenvalue weighted by molar-refractivity contribution is -0.140. The molecule has 0 saturated heterocycles. The number of rotatable bonds is 11. The van der Waals surface area contributed by atoms with Crippen LogP contribution in [0.25, 0.3) is 11.1 Å². The highest BCUT2D eigenvalue weighted by molar-refractivity contribution is 7.90. The van der Waals surface area contributed by atoms with Crippen molar-refractivity contribution >= 4 is 15.8 Å². The third kappa shape index (κ3) is 7.93. The van der Waals surface area contributed by atoms with Gasteiger partial charge in [-0.1, -0.05) is 24.1 Å². The smallest absolute Gasteiger partial charge is 0.307 e. The number of carbonyl (C=O) groups is 1. The van der Waals surface area contributed by atoms with Crippen molar-refractivity contribution in [3.05, 3.63) is 71.8 Å². The predicted octanol–water partition coefficient (Wildman–Crippen LogP) is 5.14. The number of carbonyl (C=O) groups excluding carboxylic acids is 1. The Bertz CT molecular complexity index is 1500. The van der Waals surface area contributed by atoms with E-state index in [0.29, 0.717) is 42.6 Å². The van der Waals surface area contributed by atoms with Crippen molar-refractivity contribution in [1.82, 2.24) is 0 Å². The summed E-state index contributed by atoms with van der Waals surface area (Å²) in [6.07, 6.45) is 1.82. The van der Waals surface area contributed by atoms with Gasteiger partial charge in [-0.05, 0) is 60.9 Å². The van der Waals surface area contributed by atoms with Crippen molar-refractivity contribution in [1.29, 1.82) is 0 Å². The average Bonchev–Trinajstić information content (AvgIpc) is 3.12. The highest BCUT2D eigenvalue weighted by Gasteiger charge is 2.19. The maximum Gasteiger partial charge on any atom is 0.307 e. The largest absolute Gasteiger partial charge is 0.493 e. The summed E-state index contributed by atoms with van der Waals surface area (Å²) in [6, 6.07) is 18.9. The Kier molecular flexibility index (Phi) is 9.56. The summed E-state index contributed by atoms with van der Waals surface area (Å²) in [7, 11) is -1.65. The fourth-order valence-electron chi connectivity index (χ4n) is 4.24. The topological polar surface area (TPSA) is 97.4 Å². The monoisotopic (exact) mass is 564 g/mol. The van der Waals surface area contributed by atoms with Crippen molar-refractivity contribution in [3.8, 4) is 46.0 Å². The first kappa shape index (κ1) is 28.8. The molecule has 1 atom stereocenters. The van der Waals surface area contributed by atoms with Gasteiger partial charge in [-0.2, -0.15) is 0 Å².